The lowest BCUT2D eigenvalue weighted by atomic mass is 10.1. The molecule has 0 aromatic heterocycles. The molecule has 1 aliphatic rings. The third-order valence-corrected chi connectivity index (χ3v) is 5.47. The van der Waals surface area contributed by atoms with E-state index in [1.54, 1.807) is 7.11 Å². The molecule has 5 nitrogen and oxygen atoms in total. The second-order valence-corrected chi connectivity index (χ2v) is 7.01. The molecule has 0 saturated heterocycles. The van der Waals surface area contributed by atoms with Crippen LogP contribution in [0.1, 0.15) is 12.0 Å². The molecule has 0 unspecified atom stereocenters. The van der Waals surface area contributed by atoms with E-state index < -0.39 is 10.0 Å². The molecule has 0 spiro atoms. The van der Waals surface area contributed by atoms with Crippen LogP contribution < -0.4 is 0 Å². The molecule has 2 rings (SSSR count). The molecule has 0 radical (unpaired) electrons. The van der Waals surface area contributed by atoms with E-state index in [0.29, 0.717) is 26.1 Å². The van der Waals surface area contributed by atoms with Crippen molar-refractivity contribution in [2.45, 2.75) is 11.3 Å². The van der Waals surface area contributed by atoms with Crippen molar-refractivity contribution in [3.05, 3.63) is 40.4 Å². The summed E-state index contributed by atoms with van der Waals surface area (Å²) in [5.74, 6) is 0. The first-order chi connectivity index (χ1) is 9.98. The van der Waals surface area contributed by atoms with E-state index in [2.05, 4.69) is 0 Å². The zero-order valence-electron chi connectivity index (χ0n) is 11.5. The molecule has 0 aliphatic carbocycles. The highest BCUT2D eigenvalue weighted by Gasteiger charge is 2.26. The molecule has 0 bridgehead atoms. The summed E-state index contributed by atoms with van der Waals surface area (Å²) in [7, 11) is -1.98. The Morgan fingerprint density at radius 2 is 2.24 bits per heavy atom. The topological polar surface area (TPSA) is 70.4 Å². The van der Waals surface area contributed by atoms with Gasteiger partial charge in [0, 0.05) is 20.2 Å². The number of halogens is 1. The third kappa shape index (κ3) is 3.44. The average molecular weight is 327 g/mol. The van der Waals surface area contributed by atoms with Crippen molar-refractivity contribution >= 4 is 21.6 Å². The number of sulfonamides is 1. The summed E-state index contributed by atoms with van der Waals surface area (Å²) in [4.78, 5) is 0.107. The molecule has 0 N–H and O–H groups in total. The van der Waals surface area contributed by atoms with E-state index in [-0.39, 0.29) is 15.5 Å². The van der Waals surface area contributed by atoms with Gasteiger partial charge >= 0.3 is 0 Å². The van der Waals surface area contributed by atoms with Crippen LogP contribution in [0.15, 0.2) is 34.7 Å². The van der Waals surface area contributed by atoms with Gasteiger partial charge in [0.05, 0.1) is 22.1 Å². The molecular formula is C14H15ClN2O3S. The quantitative estimate of drug-likeness (QED) is 0.795. The van der Waals surface area contributed by atoms with Gasteiger partial charge in [-0.05, 0) is 30.2 Å². The number of nitriles is 1. The highest BCUT2D eigenvalue weighted by Crippen LogP contribution is 2.24. The predicted octanol–water partition coefficient (Wildman–Crippen LogP) is 2.18. The summed E-state index contributed by atoms with van der Waals surface area (Å²) in [6, 6.07) is 6.07. The minimum atomic E-state index is -3.59. The first kappa shape index (κ1) is 16.0. The predicted molar refractivity (Wildman–Crippen MR) is 79.5 cm³/mol. The van der Waals surface area contributed by atoms with Gasteiger partial charge in [-0.2, -0.15) is 9.57 Å². The summed E-state index contributed by atoms with van der Waals surface area (Å²) in [5.41, 5.74) is 1.36. The highest BCUT2D eigenvalue weighted by molar-refractivity contribution is 7.89. The van der Waals surface area contributed by atoms with E-state index in [1.165, 1.54) is 22.5 Å². The Labute approximate surface area is 129 Å². The third-order valence-electron chi connectivity index (χ3n) is 3.29. The fourth-order valence-electron chi connectivity index (χ4n) is 2.12. The van der Waals surface area contributed by atoms with Crippen molar-refractivity contribution in [3.8, 4) is 6.07 Å². The van der Waals surface area contributed by atoms with Crippen LogP contribution in [0.4, 0.5) is 0 Å². The molecule has 1 aliphatic heterocycles. The maximum absolute atomic E-state index is 12.5. The Hall–Kier alpha value is -1.39. The van der Waals surface area contributed by atoms with Crippen molar-refractivity contribution < 1.29 is 13.2 Å². The van der Waals surface area contributed by atoms with Gasteiger partial charge in [0.15, 0.2) is 0 Å². The second kappa shape index (κ2) is 6.58. The molecule has 7 heteroatoms. The number of methoxy groups -OCH3 is 1. The number of ether oxygens (including phenoxy) is 1. The van der Waals surface area contributed by atoms with Crippen molar-refractivity contribution in [2.24, 2.45) is 0 Å². The fraction of sp³-hybridized carbons (Fsp3) is 0.357. The lowest BCUT2D eigenvalue weighted by Gasteiger charge is -2.25. The van der Waals surface area contributed by atoms with Crippen LogP contribution in [0.5, 0.6) is 0 Å². The van der Waals surface area contributed by atoms with Crippen LogP contribution in [0.25, 0.3) is 0 Å². The van der Waals surface area contributed by atoms with Crippen molar-refractivity contribution in [1.29, 1.82) is 5.26 Å². The van der Waals surface area contributed by atoms with Gasteiger partial charge in [0.1, 0.15) is 6.07 Å². The van der Waals surface area contributed by atoms with Gasteiger partial charge in [0.2, 0.25) is 10.0 Å². The summed E-state index contributed by atoms with van der Waals surface area (Å²) >= 11 is 5.90. The smallest absolute Gasteiger partial charge is 0.243 e. The standard InChI is InChI=1S/C14H15ClN2O3S/c1-20-10-11-4-6-17(7-5-11)21(18,19)13-3-2-12(9-16)14(15)8-13/h2-4,8H,5-7,10H2,1H3. The molecule has 21 heavy (non-hydrogen) atoms. The second-order valence-electron chi connectivity index (χ2n) is 4.66. The number of rotatable bonds is 4. The summed E-state index contributed by atoms with van der Waals surface area (Å²) in [6.45, 7) is 1.25. The number of nitrogens with zero attached hydrogens (tertiary/aromatic N) is 2. The van der Waals surface area contributed by atoms with Gasteiger partial charge in [-0.3, -0.25) is 0 Å². The molecule has 0 atom stereocenters. The molecular weight excluding hydrogens is 312 g/mol. The summed E-state index contributed by atoms with van der Waals surface area (Å²) < 4.78 is 31.5. The Morgan fingerprint density at radius 3 is 2.76 bits per heavy atom. The zero-order chi connectivity index (χ0) is 15.5. The normalized spacial score (nSPS) is 16.3. The van der Waals surface area contributed by atoms with Gasteiger partial charge < -0.3 is 4.74 Å². The average Bonchev–Trinajstić information content (AvgIpc) is 2.48. The van der Waals surface area contributed by atoms with Gasteiger partial charge in [-0.15, -0.1) is 0 Å². The molecule has 0 amide bonds. The van der Waals surface area contributed by atoms with Gasteiger partial charge in [-0.25, -0.2) is 8.42 Å². The number of hydrogen-bond acceptors (Lipinski definition) is 4. The largest absolute Gasteiger partial charge is 0.380 e. The highest BCUT2D eigenvalue weighted by atomic mass is 35.5. The molecule has 112 valence electrons. The Kier molecular flexibility index (Phi) is 5.01. The molecule has 0 saturated carbocycles. The first-order valence-electron chi connectivity index (χ1n) is 6.35. The van der Waals surface area contributed by atoms with Crippen LogP contribution in [-0.2, 0) is 14.8 Å². The maximum Gasteiger partial charge on any atom is 0.243 e. The lowest BCUT2D eigenvalue weighted by molar-refractivity contribution is 0.219. The van der Waals surface area contributed by atoms with Crippen molar-refractivity contribution in [2.75, 3.05) is 26.8 Å². The first-order valence-corrected chi connectivity index (χ1v) is 8.17. The van der Waals surface area contributed by atoms with E-state index in [1.807, 2.05) is 12.1 Å². The van der Waals surface area contributed by atoms with Crippen molar-refractivity contribution in [3.63, 3.8) is 0 Å². The molecule has 1 aromatic carbocycles. The monoisotopic (exact) mass is 326 g/mol. The van der Waals surface area contributed by atoms with Gasteiger partial charge in [-0.1, -0.05) is 17.7 Å². The van der Waals surface area contributed by atoms with Gasteiger partial charge in [0.25, 0.3) is 0 Å². The molecule has 0 fully saturated rings. The van der Waals surface area contributed by atoms with Crippen LogP contribution in [0.2, 0.25) is 5.02 Å². The maximum atomic E-state index is 12.5. The van der Waals surface area contributed by atoms with Crippen molar-refractivity contribution in [1.82, 2.24) is 4.31 Å². The van der Waals surface area contributed by atoms with Crippen LogP contribution >= 0.6 is 11.6 Å². The Morgan fingerprint density at radius 1 is 1.48 bits per heavy atom. The molecule has 1 aromatic rings. The Balaban J connectivity index is 2.24. The van der Waals surface area contributed by atoms with Crippen LogP contribution in [0.3, 0.4) is 0 Å². The van der Waals surface area contributed by atoms with E-state index in [0.717, 1.165) is 5.57 Å². The van der Waals surface area contributed by atoms with E-state index in [9.17, 15) is 8.42 Å². The minimum Gasteiger partial charge on any atom is -0.380 e. The van der Waals surface area contributed by atoms with Crippen LogP contribution in [-0.4, -0.2) is 39.5 Å². The SMILES string of the molecule is COCC1=CCN(S(=O)(=O)c2ccc(C#N)c(Cl)c2)CC1. The lowest BCUT2D eigenvalue weighted by Crippen LogP contribution is -2.35. The minimum absolute atomic E-state index is 0.107. The number of benzene rings is 1. The zero-order valence-corrected chi connectivity index (χ0v) is 13.1. The Bertz CT molecular complexity index is 707. The van der Waals surface area contributed by atoms with E-state index >= 15 is 0 Å². The molecule has 1 heterocycles. The number of hydrogen-bond donors (Lipinski definition) is 0. The summed E-state index contributed by atoms with van der Waals surface area (Å²) in [5, 5.41) is 8.97. The summed E-state index contributed by atoms with van der Waals surface area (Å²) in [6.07, 6.45) is 2.52. The van der Waals surface area contributed by atoms with E-state index in [4.69, 9.17) is 21.6 Å². The fourth-order valence-corrected chi connectivity index (χ4v) is 3.82. The van der Waals surface area contributed by atoms with Crippen LogP contribution in [0, 0.1) is 11.3 Å².